The number of aromatic amines is 1. The molecule has 124 valence electrons. The van der Waals surface area contributed by atoms with Gasteiger partial charge in [0.25, 0.3) is 5.56 Å². The van der Waals surface area contributed by atoms with Crippen molar-refractivity contribution in [3.63, 3.8) is 0 Å². The lowest BCUT2D eigenvalue weighted by Gasteiger charge is -2.09. The molecule has 2 N–H and O–H groups in total. The molecule has 3 rings (SSSR count). The first-order valence-electron chi connectivity index (χ1n) is 7.50. The van der Waals surface area contributed by atoms with E-state index in [2.05, 4.69) is 20.5 Å². The lowest BCUT2D eigenvalue weighted by Crippen LogP contribution is -2.31. The number of aromatic nitrogens is 4. The van der Waals surface area contributed by atoms with E-state index < -0.39 is 0 Å². The maximum atomic E-state index is 11.9. The Hall–Kier alpha value is -2.61. The van der Waals surface area contributed by atoms with Crippen LogP contribution < -0.4 is 10.9 Å². The summed E-state index contributed by atoms with van der Waals surface area (Å²) in [5.74, 6) is 0.511. The van der Waals surface area contributed by atoms with Crippen molar-refractivity contribution >= 4 is 23.4 Å². The lowest BCUT2D eigenvalue weighted by atomic mass is 10.1. The number of amides is 1. The van der Waals surface area contributed by atoms with E-state index in [0.717, 1.165) is 5.56 Å². The molecule has 0 bridgehead atoms. The van der Waals surface area contributed by atoms with Crippen LogP contribution in [0.25, 0.3) is 17.0 Å². The number of hydrogen-bond acceptors (Lipinski definition) is 5. The number of carbonyl (C=O) groups excluding carboxylic acids is 1. The SMILES string of the molecule is CC(C)NC(=O)CSc1nnc2[nH]c(=O)cc(-c3ccccc3)n12. The quantitative estimate of drug-likeness (QED) is 0.688. The number of rotatable bonds is 5. The Morgan fingerprint density at radius 3 is 2.75 bits per heavy atom. The fraction of sp³-hybridized carbons (Fsp3) is 0.250. The van der Waals surface area contributed by atoms with Gasteiger partial charge in [-0.1, -0.05) is 42.1 Å². The summed E-state index contributed by atoms with van der Waals surface area (Å²) < 4.78 is 1.75. The highest BCUT2D eigenvalue weighted by Crippen LogP contribution is 2.23. The number of nitrogens with zero attached hydrogens (tertiary/aromatic N) is 3. The van der Waals surface area contributed by atoms with Gasteiger partial charge in [0.05, 0.1) is 11.4 Å². The zero-order valence-corrected chi connectivity index (χ0v) is 14.1. The fourth-order valence-electron chi connectivity index (χ4n) is 2.31. The topological polar surface area (TPSA) is 92.2 Å². The molecule has 0 radical (unpaired) electrons. The van der Waals surface area contributed by atoms with E-state index in [0.29, 0.717) is 16.6 Å². The van der Waals surface area contributed by atoms with Crippen molar-refractivity contribution in [2.75, 3.05) is 5.75 Å². The normalized spacial score (nSPS) is 11.1. The minimum absolute atomic E-state index is 0.0718. The number of thioether (sulfide) groups is 1. The predicted molar refractivity (Wildman–Crippen MR) is 93.0 cm³/mol. The van der Waals surface area contributed by atoms with Crippen molar-refractivity contribution in [2.45, 2.75) is 25.0 Å². The smallest absolute Gasteiger partial charge is 0.252 e. The summed E-state index contributed by atoms with van der Waals surface area (Å²) in [7, 11) is 0. The van der Waals surface area contributed by atoms with Gasteiger partial charge in [-0.25, -0.2) is 0 Å². The van der Waals surface area contributed by atoms with Crippen molar-refractivity contribution in [1.29, 1.82) is 0 Å². The van der Waals surface area contributed by atoms with Crippen molar-refractivity contribution in [1.82, 2.24) is 24.9 Å². The standard InChI is InChI=1S/C16H17N5O2S/c1-10(2)17-14(23)9-24-16-20-19-15-18-13(22)8-12(21(15)16)11-6-4-3-5-7-11/h3-8,10H,9H2,1-2H3,(H,17,23)(H,18,19,22). The summed E-state index contributed by atoms with van der Waals surface area (Å²) in [6.45, 7) is 3.82. The fourth-order valence-corrected chi connectivity index (χ4v) is 3.07. The molecule has 7 nitrogen and oxygen atoms in total. The lowest BCUT2D eigenvalue weighted by molar-refractivity contribution is -0.119. The van der Waals surface area contributed by atoms with Gasteiger partial charge in [-0.05, 0) is 19.4 Å². The number of carbonyl (C=O) groups is 1. The maximum absolute atomic E-state index is 11.9. The number of fused-ring (bicyclic) bond motifs is 1. The summed E-state index contributed by atoms with van der Waals surface area (Å²) in [4.78, 5) is 26.4. The van der Waals surface area contributed by atoms with Crippen LogP contribution in [0.15, 0.2) is 46.3 Å². The minimum atomic E-state index is -0.247. The Labute approximate surface area is 142 Å². The molecule has 0 aliphatic carbocycles. The first kappa shape index (κ1) is 16.3. The predicted octanol–water partition coefficient (Wildman–Crippen LogP) is 1.70. The van der Waals surface area contributed by atoms with Crippen molar-refractivity contribution in [3.8, 4) is 11.3 Å². The van der Waals surface area contributed by atoms with E-state index in [1.54, 1.807) is 4.40 Å². The van der Waals surface area contributed by atoms with Gasteiger partial charge >= 0.3 is 0 Å². The van der Waals surface area contributed by atoms with Gasteiger partial charge < -0.3 is 5.32 Å². The molecular weight excluding hydrogens is 326 g/mol. The molecule has 2 aromatic heterocycles. The first-order valence-corrected chi connectivity index (χ1v) is 8.49. The highest BCUT2D eigenvalue weighted by Gasteiger charge is 2.14. The molecule has 1 aromatic carbocycles. The van der Waals surface area contributed by atoms with Gasteiger partial charge in [0.1, 0.15) is 0 Å². The van der Waals surface area contributed by atoms with Crippen molar-refractivity contribution in [3.05, 3.63) is 46.8 Å². The Kier molecular flexibility index (Phi) is 4.66. The molecule has 0 fully saturated rings. The maximum Gasteiger partial charge on any atom is 0.252 e. The van der Waals surface area contributed by atoms with Crippen LogP contribution in [-0.2, 0) is 4.79 Å². The van der Waals surface area contributed by atoms with Crippen LogP contribution in [0.4, 0.5) is 0 Å². The Bertz CT molecular complexity index is 917. The Morgan fingerprint density at radius 1 is 1.29 bits per heavy atom. The van der Waals surface area contributed by atoms with Gasteiger partial charge in [-0.15, -0.1) is 10.2 Å². The molecule has 0 aliphatic heterocycles. The second-order valence-corrected chi connectivity index (χ2v) is 6.48. The van der Waals surface area contributed by atoms with Crippen LogP contribution in [0.2, 0.25) is 0 Å². The second kappa shape index (κ2) is 6.88. The van der Waals surface area contributed by atoms with Gasteiger partial charge in [0.2, 0.25) is 11.7 Å². The van der Waals surface area contributed by atoms with Gasteiger partial charge in [0.15, 0.2) is 5.16 Å². The van der Waals surface area contributed by atoms with E-state index in [1.165, 1.54) is 17.8 Å². The van der Waals surface area contributed by atoms with Crippen LogP contribution in [0.1, 0.15) is 13.8 Å². The van der Waals surface area contributed by atoms with Crippen molar-refractivity contribution < 1.29 is 4.79 Å². The number of benzene rings is 1. The van der Waals surface area contributed by atoms with Crippen LogP contribution in [0.5, 0.6) is 0 Å². The number of hydrogen-bond donors (Lipinski definition) is 2. The zero-order chi connectivity index (χ0) is 17.1. The Balaban J connectivity index is 1.98. The summed E-state index contributed by atoms with van der Waals surface area (Å²) in [5, 5.41) is 11.5. The molecular formula is C16H17N5O2S. The molecule has 0 spiro atoms. The third-order valence-electron chi connectivity index (χ3n) is 3.23. The first-order chi connectivity index (χ1) is 11.5. The average Bonchev–Trinajstić information content (AvgIpc) is 2.95. The van der Waals surface area contributed by atoms with Crippen LogP contribution >= 0.6 is 11.8 Å². The molecule has 1 amide bonds. The van der Waals surface area contributed by atoms with Crippen LogP contribution in [0, 0.1) is 0 Å². The van der Waals surface area contributed by atoms with Crippen LogP contribution in [-0.4, -0.2) is 37.3 Å². The molecule has 0 unspecified atom stereocenters. The molecule has 3 aromatic rings. The summed E-state index contributed by atoms with van der Waals surface area (Å²) in [6, 6.07) is 11.1. The summed E-state index contributed by atoms with van der Waals surface area (Å²) >= 11 is 1.28. The third kappa shape index (κ3) is 3.48. The molecule has 0 aliphatic rings. The Morgan fingerprint density at radius 2 is 2.04 bits per heavy atom. The largest absolute Gasteiger partial charge is 0.353 e. The van der Waals surface area contributed by atoms with E-state index in [-0.39, 0.29) is 23.3 Å². The number of H-pyrrole nitrogens is 1. The summed E-state index contributed by atoms with van der Waals surface area (Å²) in [5.41, 5.74) is 1.32. The average molecular weight is 343 g/mol. The monoisotopic (exact) mass is 343 g/mol. The van der Waals surface area contributed by atoms with Gasteiger partial charge in [0, 0.05) is 12.1 Å². The molecule has 2 heterocycles. The second-order valence-electron chi connectivity index (χ2n) is 5.54. The highest BCUT2D eigenvalue weighted by atomic mass is 32.2. The molecule has 8 heteroatoms. The summed E-state index contributed by atoms with van der Waals surface area (Å²) in [6.07, 6.45) is 0. The third-order valence-corrected chi connectivity index (χ3v) is 4.16. The van der Waals surface area contributed by atoms with E-state index >= 15 is 0 Å². The van der Waals surface area contributed by atoms with E-state index in [4.69, 9.17) is 0 Å². The van der Waals surface area contributed by atoms with E-state index in [1.807, 2.05) is 44.2 Å². The van der Waals surface area contributed by atoms with Crippen molar-refractivity contribution in [2.24, 2.45) is 0 Å². The van der Waals surface area contributed by atoms with Gasteiger partial charge in [-0.3, -0.25) is 19.0 Å². The van der Waals surface area contributed by atoms with E-state index in [9.17, 15) is 9.59 Å². The number of nitrogens with one attached hydrogen (secondary N) is 2. The molecule has 24 heavy (non-hydrogen) atoms. The van der Waals surface area contributed by atoms with Gasteiger partial charge in [-0.2, -0.15) is 0 Å². The highest BCUT2D eigenvalue weighted by molar-refractivity contribution is 7.99. The van der Waals surface area contributed by atoms with Crippen LogP contribution in [0.3, 0.4) is 0 Å². The molecule has 0 atom stereocenters. The molecule has 0 saturated heterocycles. The molecule has 0 saturated carbocycles. The zero-order valence-electron chi connectivity index (χ0n) is 13.3. The minimum Gasteiger partial charge on any atom is -0.353 e.